The van der Waals surface area contributed by atoms with E-state index in [1.165, 1.54) is 0 Å². The number of aryl methyl sites for hydroxylation is 2. The Bertz CT molecular complexity index is 873. The van der Waals surface area contributed by atoms with Gasteiger partial charge in [-0.3, -0.25) is 9.59 Å². The number of rotatable bonds is 2. The van der Waals surface area contributed by atoms with E-state index < -0.39 is 11.8 Å². The minimum absolute atomic E-state index is 0.0399. The molecule has 0 radical (unpaired) electrons. The summed E-state index contributed by atoms with van der Waals surface area (Å²) in [6.07, 6.45) is 0. The van der Waals surface area contributed by atoms with Crippen molar-refractivity contribution in [2.45, 2.75) is 13.8 Å². The Morgan fingerprint density at radius 2 is 1.74 bits per heavy atom. The Labute approximate surface area is 147 Å². The Hall–Kier alpha value is -1.91. The van der Waals surface area contributed by atoms with Gasteiger partial charge in [0.15, 0.2) is 0 Å². The maximum absolute atomic E-state index is 12.8. The summed E-state index contributed by atoms with van der Waals surface area (Å²) in [7, 11) is 0. The molecule has 2 amide bonds. The van der Waals surface area contributed by atoms with E-state index in [9.17, 15) is 9.59 Å². The number of hydrogen-bond donors (Lipinski definition) is 0. The van der Waals surface area contributed by atoms with Gasteiger partial charge in [-0.25, -0.2) is 4.90 Å². The molecule has 0 bridgehead atoms. The summed E-state index contributed by atoms with van der Waals surface area (Å²) in [4.78, 5) is 26.4. The number of imide groups is 1. The first-order valence-electron chi connectivity index (χ1n) is 7.02. The van der Waals surface area contributed by atoms with Crippen LogP contribution in [0, 0.1) is 13.8 Å². The molecular formula is C18H13BrClNO2. The molecule has 1 aliphatic rings. The summed E-state index contributed by atoms with van der Waals surface area (Å²) in [5.74, 6) is -0.894. The molecule has 0 fully saturated rings. The van der Waals surface area contributed by atoms with E-state index in [0.717, 1.165) is 20.5 Å². The summed E-state index contributed by atoms with van der Waals surface area (Å²) >= 11 is 9.56. The fourth-order valence-corrected chi connectivity index (χ4v) is 3.33. The van der Waals surface area contributed by atoms with E-state index in [2.05, 4.69) is 15.9 Å². The van der Waals surface area contributed by atoms with Crippen molar-refractivity contribution in [3.8, 4) is 0 Å². The number of nitrogens with zero attached hydrogens (tertiary/aromatic N) is 1. The molecule has 0 aliphatic carbocycles. The zero-order chi connectivity index (χ0) is 16.7. The second-order valence-corrected chi connectivity index (χ2v) is 6.73. The van der Waals surface area contributed by atoms with Crippen molar-refractivity contribution in [3.63, 3.8) is 0 Å². The van der Waals surface area contributed by atoms with Crippen LogP contribution in [0.2, 0.25) is 0 Å². The molecule has 1 aliphatic heterocycles. The molecule has 0 saturated carbocycles. The second-order valence-electron chi connectivity index (χ2n) is 5.43. The van der Waals surface area contributed by atoms with Crippen LogP contribution in [0.3, 0.4) is 0 Å². The maximum Gasteiger partial charge on any atom is 0.277 e. The Kier molecular flexibility index (Phi) is 4.13. The van der Waals surface area contributed by atoms with Gasteiger partial charge in [0, 0.05) is 4.47 Å². The van der Waals surface area contributed by atoms with Crippen molar-refractivity contribution in [2.75, 3.05) is 4.90 Å². The molecule has 0 saturated heterocycles. The fourth-order valence-electron chi connectivity index (χ4n) is 2.68. The number of anilines is 1. The molecule has 2 aromatic rings. The van der Waals surface area contributed by atoms with E-state index in [4.69, 9.17) is 11.6 Å². The van der Waals surface area contributed by atoms with Crippen molar-refractivity contribution >= 4 is 50.6 Å². The van der Waals surface area contributed by atoms with Gasteiger partial charge in [0.25, 0.3) is 11.8 Å². The first-order valence-corrected chi connectivity index (χ1v) is 8.19. The van der Waals surface area contributed by atoms with E-state index >= 15 is 0 Å². The number of amides is 2. The molecule has 0 N–H and O–H groups in total. The third kappa shape index (κ3) is 2.73. The highest BCUT2D eigenvalue weighted by Crippen LogP contribution is 2.36. The molecule has 2 aromatic carbocycles. The summed E-state index contributed by atoms with van der Waals surface area (Å²) in [5.41, 5.74) is 3.44. The van der Waals surface area contributed by atoms with Crippen LogP contribution in [-0.4, -0.2) is 11.8 Å². The van der Waals surface area contributed by atoms with Gasteiger partial charge in [0.05, 0.1) is 11.3 Å². The highest BCUT2D eigenvalue weighted by Gasteiger charge is 2.39. The smallest absolute Gasteiger partial charge is 0.268 e. The average molecular weight is 391 g/mol. The zero-order valence-corrected chi connectivity index (χ0v) is 14.9. The van der Waals surface area contributed by atoms with Crippen LogP contribution in [0.1, 0.15) is 16.7 Å². The lowest BCUT2D eigenvalue weighted by atomic mass is 9.99. The third-order valence-corrected chi connectivity index (χ3v) is 4.59. The lowest BCUT2D eigenvalue weighted by Gasteiger charge is -2.15. The highest BCUT2D eigenvalue weighted by molar-refractivity contribution is 9.10. The van der Waals surface area contributed by atoms with Gasteiger partial charge in [0.1, 0.15) is 5.03 Å². The van der Waals surface area contributed by atoms with E-state index in [-0.39, 0.29) is 10.6 Å². The Balaban J connectivity index is 2.10. The molecule has 0 spiro atoms. The number of halogens is 2. The van der Waals surface area contributed by atoms with Crippen LogP contribution >= 0.6 is 27.5 Å². The lowest BCUT2D eigenvalue weighted by Crippen LogP contribution is -2.31. The van der Waals surface area contributed by atoms with Gasteiger partial charge in [-0.1, -0.05) is 57.4 Å². The molecule has 3 rings (SSSR count). The number of hydrogen-bond acceptors (Lipinski definition) is 2. The van der Waals surface area contributed by atoms with Crippen molar-refractivity contribution < 1.29 is 9.59 Å². The van der Waals surface area contributed by atoms with Crippen molar-refractivity contribution in [3.05, 3.63) is 68.7 Å². The molecule has 0 atom stereocenters. The summed E-state index contributed by atoms with van der Waals surface area (Å²) < 4.78 is 0.784. The predicted molar refractivity (Wildman–Crippen MR) is 95.3 cm³/mol. The van der Waals surface area contributed by atoms with Gasteiger partial charge in [-0.2, -0.15) is 0 Å². The SMILES string of the molecule is Cc1ccc(C2=C(Cl)C(=O)N(c3cccc(Br)c3)C2=O)c(C)c1. The molecule has 1 heterocycles. The van der Waals surface area contributed by atoms with Crippen molar-refractivity contribution in [2.24, 2.45) is 0 Å². The van der Waals surface area contributed by atoms with E-state index in [1.807, 2.05) is 38.1 Å². The summed E-state index contributed by atoms with van der Waals surface area (Å²) in [5, 5.41) is -0.0399. The van der Waals surface area contributed by atoms with Gasteiger partial charge in [-0.05, 0) is 43.2 Å². The fraction of sp³-hybridized carbons (Fsp3) is 0.111. The highest BCUT2D eigenvalue weighted by atomic mass is 79.9. The molecule has 3 nitrogen and oxygen atoms in total. The third-order valence-electron chi connectivity index (χ3n) is 3.74. The lowest BCUT2D eigenvalue weighted by molar-refractivity contribution is -0.119. The van der Waals surface area contributed by atoms with Crippen LogP contribution in [-0.2, 0) is 9.59 Å². The molecule has 23 heavy (non-hydrogen) atoms. The Morgan fingerprint density at radius 3 is 2.39 bits per heavy atom. The van der Waals surface area contributed by atoms with E-state index in [1.54, 1.807) is 18.2 Å². The predicted octanol–water partition coefficient (Wildman–Crippen LogP) is 4.59. The molecular weight excluding hydrogens is 378 g/mol. The normalized spacial score (nSPS) is 14.9. The number of benzene rings is 2. The standard InChI is InChI=1S/C18H13BrClNO2/c1-10-6-7-14(11(2)8-10)15-16(20)18(23)21(17(15)22)13-5-3-4-12(19)9-13/h3-9H,1-2H3. The van der Waals surface area contributed by atoms with Crippen LogP contribution in [0.15, 0.2) is 52.0 Å². The molecule has 0 aromatic heterocycles. The minimum Gasteiger partial charge on any atom is -0.268 e. The van der Waals surface area contributed by atoms with E-state index in [0.29, 0.717) is 11.3 Å². The number of carbonyl (C=O) groups is 2. The van der Waals surface area contributed by atoms with Crippen LogP contribution in [0.25, 0.3) is 5.57 Å². The topological polar surface area (TPSA) is 37.4 Å². The minimum atomic E-state index is -0.496. The molecule has 5 heteroatoms. The van der Waals surface area contributed by atoms with Gasteiger partial charge in [-0.15, -0.1) is 0 Å². The van der Waals surface area contributed by atoms with Gasteiger partial charge >= 0.3 is 0 Å². The van der Waals surface area contributed by atoms with Crippen molar-refractivity contribution in [1.29, 1.82) is 0 Å². The van der Waals surface area contributed by atoms with Crippen LogP contribution in [0.5, 0.6) is 0 Å². The second kappa shape index (κ2) is 5.95. The summed E-state index contributed by atoms with van der Waals surface area (Å²) in [6, 6.07) is 12.7. The zero-order valence-electron chi connectivity index (χ0n) is 12.6. The van der Waals surface area contributed by atoms with Crippen LogP contribution < -0.4 is 4.90 Å². The van der Waals surface area contributed by atoms with Gasteiger partial charge < -0.3 is 0 Å². The monoisotopic (exact) mass is 389 g/mol. The number of carbonyl (C=O) groups excluding carboxylic acids is 2. The summed E-state index contributed by atoms with van der Waals surface area (Å²) in [6.45, 7) is 3.88. The average Bonchev–Trinajstić information content (AvgIpc) is 2.70. The largest absolute Gasteiger partial charge is 0.277 e. The Morgan fingerprint density at radius 1 is 1.00 bits per heavy atom. The van der Waals surface area contributed by atoms with Crippen LogP contribution in [0.4, 0.5) is 5.69 Å². The molecule has 0 unspecified atom stereocenters. The van der Waals surface area contributed by atoms with Crippen molar-refractivity contribution in [1.82, 2.24) is 0 Å². The first-order chi connectivity index (χ1) is 10.9. The maximum atomic E-state index is 12.8. The van der Waals surface area contributed by atoms with Gasteiger partial charge in [0.2, 0.25) is 0 Å². The quantitative estimate of drug-likeness (QED) is 0.703. The molecule has 116 valence electrons. The first kappa shape index (κ1) is 16.0.